The molecule has 0 aromatic carbocycles. The molecule has 0 aliphatic heterocycles. The number of aliphatic carboxylic acids is 2. The molecule has 0 aliphatic rings. The number of carbonyl (C=O) groups is 3. The summed E-state index contributed by atoms with van der Waals surface area (Å²) in [6.45, 7) is 2.20. The summed E-state index contributed by atoms with van der Waals surface area (Å²) in [5.74, 6) is -2.77. The van der Waals surface area contributed by atoms with Gasteiger partial charge in [0.05, 0.1) is 0 Å². The summed E-state index contributed by atoms with van der Waals surface area (Å²) in [5.41, 5.74) is 0. The van der Waals surface area contributed by atoms with Gasteiger partial charge in [-0.1, -0.05) is 6.92 Å². The van der Waals surface area contributed by atoms with Crippen LogP contribution in [0.5, 0.6) is 0 Å². The summed E-state index contributed by atoms with van der Waals surface area (Å²) in [4.78, 5) is 32.7. The van der Waals surface area contributed by atoms with Gasteiger partial charge in [0.2, 0.25) is 5.91 Å². The molecule has 0 fully saturated rings. The van der Waals surface area contributed by atoms with Gasteiger partial charge in [0, 0.05) is 26.6 Å². The first-order valence-electron chi connectivity index (χ1n) is 5.59. The maximum absolute atomic E-state index is 11.5. The van der Waals surface area contributed by atoms with Gasteiger partial charge in [0.15, 0.2) is 0 Å². The Balaban J connectivity index is 4.19. The fraction of sp³-hybridized carbons (Fsp3) is 0.727. The number of ether oxygens (including phenoxy) is 1. The molecule has 1 unspecified atom stereocenters. The van der Waals surface area contributed by atoms with E-state index in [1.807, 2.05) is 0 Å². The zero-order valence-corrected chi connectivity index (χ0v) is 10.5. The summed E-state index contributed by atoms with van der Waals surface area (Å²) >= 11 is 0. The number of carboxylic acid groups (broad SMARTS) is 2. The topological polar surface area (TPSA) is 113 Å². The molecule has 0 spiro atoms. The predicted molar refractivity (Wildman–Crippen MR) is 62.1 cm³/mol. The maximum atomic E-state index is 11.5. The molecule has 0 radical (unpaired) electrons. The van der Waals surface area contributed by atoms with Gasteiger partial charge in [0.25, 0.3) is 0 Å². The molecular weight excluding hydrogens is 242 g/mol. The second-order valence-corrected chi connectivity index (χ2v) is 4.16. The average molecular weight is 261 g/mol. The van der Waals surface area contributed by atoms with Crippen LogP contribution in [-0.4, -0.2) is 47.8 Å². The molecule has 0 rings (SSSR count). The summed E-state index contributed by atoms with van der Waals surface area (Å²) in [7, 11) is 1.52. The lowest BCUT2D eigenvalue weighted by atomic mass is 10.1. The Labute approximate surface area is 105 Å². The molecule has 0 heterocycles. The minimum Gasteiger partial charge on any atom is -0.481 e. The number of hydrogen-bond donors (Lipinski definition) is 3. The van der Waals surface area contributed by atoms with Gasteiger partial charge in [-0.2, -0.15) is 0 Å². The van der Waals surface area contributed by atoms with E-state index in [9.17, 15) is 14.4 Å². The van der Waals surface area contributed by atoms with Crippen LogP contribution in [-0.2, 0) is 19.1 Å². The highest BCUT2D eigenvalue weighted by Crippen LogP contribution is 2.04. The van der Waals surface area contributed by atoms with Crippen molar-refractivity contribution >= 4 is 17.8 Å². The Morgan fingerprint density at radius 3 is 2.33 bits per heavy atom. The van der Waals surface area contributed by atoms with Crippen LogP contribution in [0.1, 0.15) is 26.2 Å². The first-order chi connectivity index (χ1) is 8.36. The number of carbonyl (C=O) groups excluding carboxylic acids is 1. The predicted octanol–water partition coefficient (Wildman–Crippen LogP) is 0.0932. The van der Waals surface area contributed by atoms with E-state index in [1.54, 1.807) is 6.92 Å². The van der Waals surface area contributed by atoms with Crippen molar-refractivity contribution in [2.24, 2.45) is 5.92 Å². The van der Waals surface area contributed by atoms with Crippen molar-refractivity contribution in [2.75, 3.05) is 13.7 Å². The van der Waals surface area contributed by atoms with Crippen molar-refractivity contribution in [1.29, 1.82) is 0 Å². The molecule has 2 atom stereocenters. The van der Waals surface area contributed by atoms with Gasteiger partial charge in [-0.15, -0.1) is 0 Å². The monoisotopic (exact) mass is 261 g/mol. The van der Waals surface area contributed by atoms with Crippen molar-refractivity contribution in [2.45, 2.75) is 32.2 Å². The molecule has 0 aromatic rings. The molecule has 0 aromatic heterocycles. The molecule has 0 aliphatic carbocycles. The quantitative estimate of drug-likeness (QED) is 0.542. The molecule has 7 heteroatoms. The van der Waals surface area contributed by atoms with E-state index in [2.05, 4.69) is 5.32 Å². The Morgan fingerprint density at radius 1 is 1.28 bits per heavy atom. The lowest BCUT2D eigenvalue weighted by molar-refractivity contribution is -0.143. The van der Waals surface area contributed by atoms with E-state index >= 15 is 0 Å². The maximum Gasteiger partial charge on any atom is 0.326 e. The SMILES string of the molecule is COCC(C)CC(=O)N[C@@H](CCC(=O)O)C(=O)O. The Bertz CT molecular complexity index is 304. The number of rotatable bonds is 9. The molecule has 18 heavy (non-hydrogen) atoms. The molecule has 7 nitrogen and oxygen atoms in total. The largest absolute Gasteiger partial charge is 0.481 e. The fourth-order valence-electron chi connectivity index (χ4n) is 1.44. The van der Waals surface area contributed by atoms with Crippen molar-refractivity contribution in [3.05, 3.63) is 0 Å². The lowest BCUT2D eigenvalue weighted by Crippen LogP contribution is -2.41. The van der Waals surface area contributed by atoms with Crippen LogP contribution in [0.4, 0.5) is 0 Å². The number of amides is 1. The van der Waals surface area contributed by atoms with Gasteiger partial charge in [-0.05, 0) is 12.3 Å². The van der Waals surface area contributed by atoms with Gasteiger partial charge in [0.1, 0.15) is 6.04 Å². The zero-order valence-electron chi connectivity index (χ0n) is 10.5. The Hall–Kier alpha value is -1.63. The third-order valence-electron chi connectivity index (χ3n) is 2.27. The van der Waals surface area contributed by atoms with Gasteiger partial charge in [-0.25, -0.2) is 4.79 Å². The van der Waals surface area contributed by atoms with E-state index in [1.165, 1.54) is 7.11 Å². The summed E-state index contributed by atoms with van der Waals surface area (Å²) in [6, 6.07) is -1.16. The zero-order chi connectivity index (χ0) is 14.1. The highest BCUT2D eigenvalue weighted by atomic mass is 16.5. The number of methoxy groups -OCH3 is 1. The number of hydrogen-bond acceptors (Lipinski definition) is 4. The highest BCUT2D eigenvalue weighted by molar-refractivity contribution is 5.84. The van der Waals surface area contributed by atoms with E-state index < -0.39 is 23.9 Å². The van der Waals surface area contributed by atoms with Crippen LogP contribution in [0.3, 0.4) is 0 Å². The van der Waals surface area contributed by atoms with Gasteiger partial charge >= 0.3 is 11.9 Å². The van der Waals surface area contributed by atoms with Crippen LogP contribution in [0.2, 0.25) is 0 Å². The number of carboxylic acids is 2. The average Bonchev–Trinajstić information content (AvgIpc) is 2.23. The fourth-order valence-corrected chi connectivity index (χ4v) is 1.44. The standard InChI is InChI=1S/C11H19NO6/c1-7(6-18-2)5-9(13)12-8(11(16)17)3-4-10(14)15/h7-8H,3-6H2,1-2H3,(H,12,13)(H,14,15)(H,16,17)/t7?,8-/m0/s1. The molecule has 0 saturated heterocycles. The van der Waals surface area contributed by atoms with Crippen molar-refractivity contribution in [3.8, 4) is 0 Å². The van der Waals surface area contributed by atoms with Crippen LogP contribution in [0.25, 0.3) is 0 Å². The minimum atomic E-state index is -1.23. The van der Waals surface area contributed by atoms with Crippen LogP contribution in [0, 0.1) is 5.92 Å². The molecule has 104 valence electrons. The van der Waals surface area contributed by atoms with E-state index in [4.69, 9.17) is 14.9 Å². The minimum absolute atomic E-state index is 0.0241. The van der Waals surface area contributed by atoms with Crippen LogP contribution >= 0.6 is 0 Å². The molecule has 1 amide bonds. The van der Waals surface area contributed by atoms with Gasteiger partial charge in [-0.3, -0.25) is 9.59 Å². The highest BCUT2D eigenvalue weighted by Gasteiger charge is 2.21. The second-order valence-electron chi connectivity index (χ2n) is 4.16. The molecule has 0 saturated carbocycles. The smallest absolute Gasteiger partial charge is 0.326 e. The van der Waals surface area contributed by atoms with Crippen molar-refractivity contribution < 1.29 is 29.3 Å². The van der Waals surface area contributed by atoms with E-state index in [0.717, 1.165) is 0 Å². The Kier molecular flexibility index (Phi) is 7.69. The summed E-state index contributed by atoms with van der Waals surface area (Å²) in [6.07, 6.45) is -0.287. The Morgan fingerprint density at radius 2 is 1.89 bits per heavy atom. The molecule has 0 bridgehead atoms. The third-order valence-corrected chi connectivity index (χ3v) is 2.27. The van der Waals surface area contributed by atoms with Crippen molar-refractivity contribution in [1.82, 2.24) is 5.32 Å². The van der Waals surface area contributed by atoms with E-state index in [-0.39, 0.29) is 25.2 Å². The first kappa shape index (κ1) is 16.4. The van der Waals surface area contributed by atoms with Crippen LogP contribution < -0.4 is 5.32 Å². The third kappa shape index (κ3) is 7.61. The lowest BCUT2D eigenvalue weighted by Gasteiger charge is -2.15. The molecular formula is C11H19NO6. The second kappa shape index (κ2) is 8.46. The van der Waals surface area contributed by atoms with Crippen LogP contribution in [0.15, 0.2) is 0 Å². The summed E-state index contributed by atoms with van der Waals surface area (Å²) in [5, 5.41) is 19.6. The number of nitrogens with one attached hydrogen (secondary N) is 1. The van der Waals surface area contributed by atoms with Crippen molar-refractivity contribution in [3.63, 3.8) is 0 Å². The normalized spacial score (nSPS) is 13.7. The first-order valence-corrected chi connectivity index (χ1v) is 5.59. The summed E-state index contributed by atoms with van der Waals surface area (Å²) < 4.78 is 4.86. The van der Waals surface area contributed by atoms with E-state index in [0.29, 0.717) is 6.61 Å². The molecule has 3 N–H and O–H groups in total. The van der Waals surface area contributed by atoms with Gasteiger partial charge < -0.3 is 20.3 Å².